The van der Waals surface area contributed by atoms with E-state index in [2.05, 4.69) is 26.1 Å². The second-order valence-corrected chi connectivity index (χ2v) is 11.2. The zero-order valence-electron chi connectivity index (χ0n) is 14.3. The molecule has 1 aliphatic rings. The van der Waals surface area contributed by atoms with Gasteiger partial charge in [0.25, 0.3) is 11.8 Å². The fraction of sp³-hybridized carbons (Fsp3) is 0.692. The molecule has 154 valence electrons. The van der Waals surface area contributed by atoms with Gasteiger partial charge in [-0.2, -0.15) is 0 Å². The topological polar surface area (TPSA) is 164 Å². The third-order valence-electron chi connectivity index (χ3n) is 3.47. The van der Waals surface area contributed by atoms with Crippen molar-refractivity contribution < 1.29 is 41.9 Å². The molecule has 1 aliphatic heterocycles. The number of halogens is 1. The second-order valence-electron chi connectivity index (χ2n) is 5.72. The molecular weight excluding hydrogens is 471 g/mol. The number of sulfone groups is 1. The van der Waals surface area contributed by atoms with Crippen LogP contribution in [0.3, 0.4) is 0 Å². The largest absolute Gasteiger partial charge is 0.354 e. The van der Waals surface area contributed by atoms with Gasteiger partial charge in [0, 0.05) is 31.7 Å². The number of imide groups is 1. The number of nitrogens with zero attached hydrogens (tertiary/aromatic N) is 1. The van der Waals surface area contributed by atoms with Crippen LogP contribution in [0.4, 0.5) is 0 Å². The summed E-state index contributed by atoms with van der Waals surface area (Å²) in [5.41, 5.74) is 0. The number of rotatable bonds is 11. The van der Waals surface area contributed by atoms with Crippen molar-refractivity contribution in [2.24, 2.45) is 0 Å². The van der Waals surface area contributed by atoms with Crippen molar-refractivity contribution in [2.45, 2.75) is 19.3 Å². The maximum atomic E-state index is 12.0. The molecule has 2 N–H and O–H groups in total. The predicted molar refractivity (Wildman–Crippen MR) is 96.8 cm³/mol. The Balaban J connectivity index is 2.38. The molecule has 1 atom stereocenters. The Bertz CT molecular complexity index is 739. The summed E-state index contributed by atoms with van der Waals surface area (Å²) in [7, 11) is -7.60. The predicted octanol–water partition coefficient (Wildman–Crippen LogP) is -0.820. The highest BCUT2D eigenvalue weighted by Crippen LogP contribution is 2.41. The van der Waals surface area contributed by atoms with E-state index in [0.29, 0.717) is 5.06 Å². The average molecular weight is 491 g/mol. The SMILES string of the molecule is O=C(CBr)NCCS(=O)(=O)CCP(=O)(O)CCC(=O)ON1C(=O)CCC1=O. The number of carbonyl (C=O) groups is 4. The molecule has 0 aromatic carbocycles. The zero-order valence-corrected chi connectivity index (χ0v) is 17.6. The van der Waals surface area contributed by atoms with Gasteiger partial charge in [-0.15, -0.1) is 5.06 Å². The molecule has 0 radical (unpaired) electrons. The highest BCUT2D eigenvalue weighted by Gasteiger charge is 2.33. The van der Waals surface area contributed by atoms with E-state index in [4.69, 9.17) is 0 Å². The van der Waals surface area contributed by atoms with Gasteiger partial charge >= 0.3 is 5.97 Å². The molecule has 1 unspecified atom stereocenters. The van der Waals surface area contributed by atoms with Crippen LogP contribution in [0.2, 0.25) is 0 Å². The Kier molecular flexibility index (Phi) is 9.06. The van der Waals surface area contributed by atoms with Crippen molar-refractivity contribution in [3.05, 3.63) is 0 Å². The third kappa shape index (κ3) is 8.96. The highest BCUT2D eigenvalue weighted by atomic mass is 79.9. The first-order valence-electron chi connectivity index (χ1n) is 7.86. The number of carbonyl (C=O) groups excluding carboxylic acids is 4. The normalized spacial score (nSPS) is 16.9. The van der Waals surface area contributed by atoms with Crippen LogP contribution in [0.5, 0.6) is 0 Å². The van der Waals surface area contributed by atoms with Gasteiger partial charge in [0.2, 0.25) is 13.3 Å². The lowest BCUT2D eigenvalue weighted by Crippen LogP contribution is -2.32. The molecule has 1 heterocycles. The van der Waals surface area contributed by atoms with Crippen LogP contribution in [0, 0.1) is 0 Å². The Morgan fingerprint density at radius 1 is 1.19 bits per heavy atom. The summed E-state index contributed by atoms with van der Waals surface area (Å²) in [6, 6.07) is 0. The number of hydroxylamine groups is 2. The van der Waals surface area contributed by atoms with Crippen LogP contribution in [0.1, 0.15) is 19.3 Å². The Morgan fingerprint density at radius 2 is 1.78 bits per heavy atom. The molecule has 0 aromatic heterocycles. The van der Waals surface area contributed by atoms with Crippen LogP contribution < -0.4 is 5.32 Å². The minimum Gasteiger partial charge on any atom is -0.354 e. The van der Waals surface area contributed by atoms with Crippen LogP contribution >= 0.6 is 23.3 Å². The van der Waals surface area contributed by atoms with E-state index in [1.165, 1.54) is 0 Å². The summed E-state index contributed by atoms with van der Waals surface area (Å²) in [6.07, 6.45) is -1.79. The lowest BCUT2D eigenvalue weighted by molar-refractivity contribution is -0.197. The summed E-state index contributed by atoms with van der Waals surface area (Å²) in [5, 5.41) is 2.71. The third-order valence-corrected chi connectivity index (χ3v) is 7.78. The number of alkyl halides is 1. The van der Waals surface area contributed by atoms with Crippen LogP contribution in [0.25, 0.3) is 0 Å². The molecule has 1 fully saturated rings. The standard InChI is InChI=1S/C13H20BrN2O9PS/c14-9-10(17)15-4-7-27(23,24)8-6-26(21,22)5-3-13(20)25-16-11(18)1-2-12(16)19/h1-9H2,(H,15,17)(H,21,22). The average Bonchev–Trinajstić information content (AvgIpc) is 2.90. The molecule has 3 amide bonds. The minimum atomic E-state index is -3.94. The van der Waals surface area contributed by atoms with Gasteiger partial charge in [0.1, 0.15) is 0 Å². The molecule has 1 rings (SSSR count). The van der Waals surface area contributed by atoms with Gasteiger partial charge in [-0.05, 0) is 0 Å². The molecule has 0 saturated carbocycles. The van der Waals surface area contributed by atoms with E-state index in [-0.39, 0.29) is 36.4 Å². The minimum absolute atomic E-state index is 0.0314. The van der Waals surface area contributed by atoms with Gasteiger partial charge < -0.3 is 15.0 Å². The summed E-state index contributed by atoms with van der Waals surface area (Å²) >= 11 is 2.91. The smallest absolute Gasteiger partial charge is 0.333 e. The number of amides is 3. The fourth-order valence-electron chi connectivity index (χ4n) is 1.96. The highest BCUT2D eigenvalue weighted by molar-refractivity contribution is 9.09. The van der Waals surface area contributed by atoms with E-state index in [0.717, 1.165) is 0 Å². The lowest BCUT2D eigenvalue weighted by atomic mass is 10.4. The van der Waals surface area contributed by atoms with Gasteiger partial charge in [0.05, 0.1) is 23.3 Å². The number of hydrogen-bond acceptors (Lipinski definition) is 8. The van der Waals surface area contributed by atoms with E-state index < -0.39 is 59.5 Å². The molecule has 1 saturated heterocycles. The van der Waals surface area contributed by atoms with Crippen molar-refractivity contribution in [2.75, 3.05) is 35.7 Å². The van der Waals surface area contributed by atoms with Gasteiger partial charge in [-0.1, -0.05) is 15.9 Å². The lowest BCUT2D eigenvalue weighted by Gasteiger charge is -2.14. The van der Waals surface area contributed by atoms with E-state index in [1.807, 2.05) is 0 Å². The van der Waals surface area contributed by atoms with Crippen LogP contribution in [-0.2, 0) is 38.4 Å². The first kappa shape index (κ1) is 23.7. The molecular formula is C13H20BrN2O9PS. The molecule has 0 aliphatic carbocycles. The van der Waals surface area contributed by atoms with E-state index in [1.54, 1.807) is 0 Å². The summed E-state index contributed by atoms with van der Waals surface area (Å²) in [4.78, 5) is 59.6. The zero-order chi connectivity index (χ0) is 20.7. The Morgan fingerprint density at radius 3 is 2.33 bits per heavy atom. The first-order valence-corrected chi connectivity index (χ1v) is 12.8. The monoisotopic (exact) mass is 490 g/mol. The van der Waals surface area contributed by atoms with Crippen LogP contribution in [-0.4, -0.2) is 77.8 Å². The van der Waals surface area contributed by atoms with Crippen molar-refractivity contribution in [3.63, 3.8) is 0 Å². The molecule has 11 nitrogen and oxygen atoms in total. The Hall–Kier alpha value is -1.30. The molecule has 0 aromatic rings. The van der Waals surface area contributed by atoms with E-state index in [9.17, 15) is 37.1 Å². The molecule has 0 spiro atoms. The maximum absolute atomic E-state index is 12.0. The maximum Gasteiger partial charge on any atom is 0.333 e. The van der Waals surface area contributed by atoms with Crippen LogP contribution in [0.15, 0.2) is 0 Å². The van der Waals surface area contributed by atoms with Crippen molar-refractivity contribution in [3.8, 4) is 0 Å². The molecule has 27 heavy (non-hydrogen) atoms. The van der Waals surface area contributed by atoms with Gasteiger partial charge in [-0.25, -0.2) is 13.2 Å². The first-order chi connectivity index (χ1) is 12.5. The van der Waals surface area contributed by atoms with E-state index >= 15 is 0 Å². The Labute approximate surface area is 164 Å². The van der Waals surface area contributed by atoms with Crippen molar-refractivity contribution >= 4 is 56.8 Å². The fourth-order valence-corrected chi connectivity index (χ4v) is 5.78. The number of nitrogens with one attached hydrogen (secondary N) is 1. The van der Waals surface area contributed by atoms with Crippen molar-refractivity contribution in [1.29, 1.82) is 0 Å². The summed E-state index contributed by atoms with van der Waals surface area (Å²) in [6.45, 7) is -0.118. The summed E-state index contributed by atoms with van der Waals surface area (Å²) < 4.78 is 35.7. The molecule has 0 bridgehead atoms. The summed E-state index contributed by atoms with van der Waals surface area (Å²) in [5.74, 6) is -3.72. The van der Waals surface area contributed by atoms with Gasteiger partial charge in [0.15, 0.2) is 9.84 Å². The number of hydrogen-bond donors (Lipinski definition) is 2. The van der Waals surface area contributed by atoms with Crippen molar-refractivity contribution in [1.82, 2.24) is 10.4 Å². The quantitative estimate of drug-likeness (QED) is 0.214. The second kappa shape index (κ2) is 10.3. The molecule has 14 heteroatoms. The van der Waals surface area contributed by atoms with Gasteiger partial charge in [-0.3, -0.25) is 18.9 Å².